The van der Waals surface area contributed by atoms with Crippen molar-refractivity contribution in [2.45, 2.75) is 6.92 Å². The van der Waals surface area contributed by atoms with E-state index < -0.39 is 0 Å². The van der Waals surface area contributed by atoms with Crippen molar-refractivity contribution in [3.8, 4) is 0 Å². The van der Waals surface area contributed by atoms with E-state index in [1.165, 1.54) is 0 Å². The van der Waals surface area contributed by atoms with Crippen molar-refractivity contribution >= 4 is 39.9 Å². The molecular formula is C14H13IN2O. The van der Waals surface area contributed by atoms with Gasteiger partial charge < -0.3 is 11.1 Å². The molecule has 92 valence electrons. The molecule has 0 heterocycles. The first-order chi connectivity index (χ1) is 8.56. The van der Waals surface area contributed by atoms with E-state index in [1.807, 2.05) is 43.3 Å². The van der Waals surface area contributed by atoms with Crippen molar-refractivity contribution in [3.63, 3.8) is 0 Å². The molecule has 0 fully saturated rings. The fraction of sp³-hybridized carbons (Fsp3) is 0.0714. The number of rotatable bonds is 2. The second kappa shape index (κ2) is 5.39. The van der Waals surface area contributed by atoms with Crippen LogP contribution in [0.5, 0.6) is 0 Å². The molecule has 0 saturated heterocycles. The van der Waals surface area contributed by atoms with Crippen LogP contribution in [0.1, 0.15) is 15.9 Å². The molecule has 0 spiro atoms. The minimum absolute atomic E-state index is 0.144. The van der Waals surface area contributed by atoms with Gasteiger partial charge in [-0.15, -0.1) is 0 Å². The summed E-state index contributed by atoms with van der Waals surface area (Å²) in [6.07, 6.45) is 0. The molecule has 18 heavy (non-hydrogen) atoms. The number of hydrogen-bond acceptors (Lipinski definition) is 2. The number of benzene rings is 2. The highest BCUT2D eigenvalue weighted by Crippen LogP contribution is 2.19. The smallest absolute Gasteiger partial charge is 0.255 e. The summed E-state index contributed by atoms with van der Waals surface area (Å²) >= 11 is 2.19. The molecule has 0 aliphatic heterocycles. The first-order valence-corrected chi connectivity index (χ1v) is 6.57. The second-order valence-corrected chi connectivity index (χ2v) is 5.23. The minimum atomic E-state index is -0.144. The Bertz CT molecular complexity index is 576. The van der Waals surface area contributed by atoms with Crippen LogP contribution < -0.4 is 11.1 Å². The van der Waals surface area contributed by atoms with Crippen molar-refractivity contribution in [3.05, 3.63) is 57.2 Å². The molecule has 0 aromatic heterocycles. The van der Waals surface area contributed by atoms with Crippen LogP contribution in [0.4, 0.5) is 11.4 Å². The lowest BCUT2D eigenvalue weighted by atomic mass is 10.1. The van der Waals surface area contributed by atoms with Gasteiger partial charge in [-0.3, -0.25) is 4.79 Å². The Balaban J connectivity index is 2.25. The highest BCUT2D eigenvalue weighted by Gasteiger charge is 2.08. The number of para-hydroxylation sites is 1. The first kappa shape index (κ1) is 12.9. The molecule has 0 bridgehead atoms. The van der Waals surface area contributed by atoms with E-state index in [2.05, 4.69) is 27.9 Å². The number of amides is 1. The maximum Gasteiger partial charge on any atom is 0.255 e. The number of carbonyl (C=O) groups is 1. The fourth-order valence-electron chi connectivity index (χ4n) is 1.70. The largest absolute Gasteiger partial charge is 0.399 e. The van der Waals surface area contributed by atoms with Crippen molar-refractivity contribution < 1.29 is 4.79 Å². The Kier molecular flexibility index (Phi) is 3.86. The third-order valence-electron chi connectivity index (χ3n) is 2.48. The quantitative estimate of drug-likeness (QED) is 0.643. The van der Waals surface area contributed by atoms with Crippen molar-refractivity contribution in [2.24, 2.45) is 0 Å². The van der Waals surface area contributed by atoms with Crippen molar-refractivity contribution in [1.82, 2.24) is 0 Å². The molecule has 0 aliphatic rings. The van der Waals surface area contributed by atoms with E-state index in [4.69, 9.17) is 5.73 Å². The zero-order chi connectivity index (χ0) is 13.1. The van der Waals surface area contributed by atoms with Crippen LogP contribution in [0, 0.1) is 10.5 Å². The summed E-state index contributed by atoms with van der Waals surface area (Å²) in [6.45, 7) is 1.92. The molecule has 2 aromatic rings. The van der Waals surface area contributed by atoms with E-state index in [-0.39, 0.29) is 5.91 Å². The number of carbonyl (C=O) groups excluding carboxylic acids is 1. The number of halogens is 1. The van der Waals surface area contributed by atoms with E-state index in [1.54, 1.807) is 6.07 Å². The Labute approximate surface area is 120 Å². The summed E-state index contributed by atoms with van der Waals surface area (Å²) in [4.78, 5) is 12.1. The van der Waals surface area contributed by atoms with Crippen LogP contribution in [0.25, 0.3) is 0 Å². The molecule has 0 atom stereocenters. The number of nitrogens with two attached hydrogens (primary N) is 1. The highest BCUT2D eigenvalue weighted by molar-refractivity contribution is 14.1. The van der Waals surface area contributed by atoms with E-state index in [0.29, 0.717) is 11.3 Å². The number of nitrogens with one attached hydrogen (secondary N) is 1. The Hall–Kier alpha value is -1.56. The summed E-state index contributed by atoms with van der Waals surface area (Å²) in [5, 5.41) is 2.88. The summed E-state index contributed by atoms with van der Waals surface area (Å²) in [6, 6.07) is 13.0. The normalized spacial score (nSPS) is 10.1. The molecule has 3 nitrogen and oxygen atoms in total. The van der Waals surface area contributed by atoms with E-state index >= 15 is 0 Å². The van der Waals surface area contributed by atoms with Gasteiger partial charge in [-0.1, -0.05) is 12.1 Å². The Morgan fingerprint density at radius 2 is 1.94 bits per heavy atom. The molecular weight excluding hydrogens is 339 g/mol. The third-order valence-corrected chi connectivity index (χ3v) is 3.42. The maximum absolute atomic E-state index is 12.1. The predicted molar refractivity (Wildman–Crippen MR) is 82.7 cm³/mol. The van der Waals surface area contributed by atoms with Gasteiger partial charge in [0.05, 0.1) is 5.69 Å². The number of anilines is 2. The molecule has 4 heteroatoms. The molecule has 2 rings (SSSR count). The number of hydrogen-bond donors (Lipinski definition) is 2. The van der Waals surface area contributed by atoms with Crippen LogP contribution >= 0.6 is 22.6 Å². The minimum Gasteiger partial charge on any atom is -0.399 e. The molecule has 0 saturated carbocycles. The van der Waals surface area contributed by atoms with E-state index in [0.717, 1.165) is 14.8 Å². The molecule has 2 aromatic carbocycles. The van der Waals surface area contributed by atoms with Crippen molar-refractivity contribution in [2.75, 3.05) is 11.1 Å². The lowest BCUT2D eigenvalue weighted by molar-refractivity contribution is 0.102. The van der Waals surface area contributed by atoms with Gasteiger partial charge >= 0.3 is 0 Å². The Morgan fingerprint density at radius 3 is 2.61 bits per heavy atom. The molecule has 1 amide bonds. The van der Waals surface area contributed by atoms with Gasteiger partial charge in [0.15, 0.2) is 0 Å². The average molecular weight is 352 g/mol. The van der Waals surface area contributed by atoms with Crippen LogP contribution in [0.15, 0.2) is 42.5 Å². The van der Waals surface area contributed by atoms with Crippen LogP contribution in [-0.4, -0.2) is 5.91 Å². The van der Waals surface area contributed by atoms with Crippen molar-refractivity contribution in [1.29, 1.82) is 0 Å². The second-order valence-electron chi connectivity index (χ2n) is 4.07. The lowest BCUT2D eigenvalue weighted by Crippen LogP contribution is -2.13. The summed E-state index contributed by atoms with van der Waals surface area (Å²) < 4.78 is 1.00. The van der Waals surface area contributed by atoms with E-state index in [9.17, 15) is 4.79 Å². The monoisotopic (exact) mass is 352 g/mol. The fourth-order valence-corrected chi connectivity index (χ4v) is 2.22. The van der Waals surface area contributed by atoms with Gasteiger partial charge in [0.2, 0.25) is 0 Å². The lowest BCUT2D eigenvalue weighted by Gasteiger charge is -2.08. The molecule has 3 N–H and O–H groups in total. The van der Waals surface area contributed by atoms with Crippen LogP contribution in [0.2, 0.25) is 0 Å². The van der Waals surface area contributed by atoms with Crippen LogP contribution in [-0.2, 0) is 0 Å². The molecule has 0 aliphatic carbocycles. The van der Waals surface area contributed by atoms with Gasteiger partial charge in [-0.05, 0) is 65.4 Å². The number of aryl methyl sites for hydroxylation is 1. The summed E-state index contributed by atoms with van der Waals surface area (Å²) in [7, 11) is 0. The zero-order valence-electron chi connectivity index (χ0n) is 9.91. The van der Waals surface area contributed by atoms with Gasteiger partial charge in [-0.2, -0.15) is 0 Å². The summed E-state index contributed by atoms with van der Waals surface area (Å²) in [5.41, 5.74) is 8.70. The predicted octanol–water partition coefficient (Wildman–Crippen LogP) is 3.43. The van der Waals surface area contributed by atoms with Crippen LogP contribution in [0.3, 0.4) is 0 Å². The van der Waals surface area contributed by atoms with Gasteiger partial charge in [-0.25, -0.2) is 0 Å². The Morgan fingerprint density at radius 1 is 1.22 bits per heavy atom. The molecule has 0 unspecified atom stereocenters. The van der Waals surface area contributed by atoms with Gasteiger partial charge in [0, 0.05) is 14.8 Å². The topological polar surface area (TPSA) is 55.1 Å². The average Bonchev–Trinajstić information content (AvgIpc) is 2.31. The summed E-state index contributed by atoms with van der Waals surface area (Å²) in [5.74, 6) is -0.144. The van der Waals surface area contributed by atoms with Gasteiger partial charge in [0.25, 0.3) is 5.91 Å². The third kappa shape index (κ3) is 3.01. The maximum atomic E-state index is 12.1. The molecule has 0 radical (unpaired) electrons. The first-order valence-electron chi connectivity index (χ1n) is 5.49. The zero-order valence-corrected chi connectivity index (χ0v) is 12.1. The SMILES string of the molecule is Cc1cc(N)cc(C(=O)Nc2ccccc2I)c1. The number of nitrogen functional groups attached to an aromatic ring is 1. The highest BCUT2D eigenvalue weighted by atomic mass is 127. The standard InChI is InChI=1S/C14H13IN2O/c1-9-6-10(8-11(16)7-9)14(18)17-13-5-3-2-4-12(13)15/h2-8H,16H2,1H3,(H,17,18). The van der Waals surface area contributed by atoms with Gasteiger partial charge in [0.1, 0.15) is 0 Å².